The molecule has 0 bridgehead atoms. The molecule has 28 heavy (non-hydrogen) atoms. The van der Waals surface area contributed by atoms with Crippen LogP contribution in [0.4, 0.5) is 4.79 Å². The quantitative estimate of drug-likeness (QED) is 0.857. The maximum Gasteiger partial charge on any atom is 0.410 e. The summed E-state index contributed by atoms with van der Waals surface area (Å²) in [5.74, 6) is -0.0543. The summed E-state index contributed by atoms with van der Waals surface area (Å²) in [6.07, 6.45) is 0.666. The first-order chi connectivity index (χ1) is 12.9. The van der Waals surface area contributed by atoms with Gasteiger partial charge in [-0.15, -0.1) is 0 Å². The Morgan fingerprint density at radius 1 is 1.04 bits per heavy atom. The second-order valence-corrected chi connectivity index (χ2v) is 9.50. The van der Waals surface area contributed by atoms with Gasteiger partial charge in [0.1, 0.15) is 5.60 Å². The van der Waals surface area contributed by atoms with Gasteiger partial charge in [-0.2, -0.15) is 0 Å². The van der Waals surface area contributed by atoms with Crippen molar-refractivity contribution in [3.8, 4) is 0 Å². The molecule has 1 saturated heterocycles. The first-order valence-corrected chi connectivity index (χ1v) is 10.0. The average Bonchev–Trinajstić information content (AvgIpc) is 2.78. The fourth-order valence-corrected chi connectivity index (χ4v) is 3.12. The molecule has 0 unspecified atom stereocenters. The second kappa shape index (κ2) is 8.95. The lowest BCUT2D eigenvalue weighted by molar-refractivity contribution is 0.0257. The molecule has 156 valence electrons. The number of ether oxygens (including phenoxy) is 1. The van der Waals surface area contributed by atoms with Crippen LogP contribution in [-0.2, 0) is 11.3 Å². The van der Waals surface area contributed by atoms with E-state index in [9.17, 15) is 9.59 Å². The highest BCUT2D eigenvalue weighted by molar-refractivity contribution is 5.94. The highest BCUT2D eigenvalue weighted by Gasteiger charge is 2.24. The lowest BCUT2D eigenvalue weighted by Crippen LogP contribution is -2.40. The number of amides is 2. The molecule has 0 aromatic heterocycles. The van der Waals surface area contributed by atoms with E-state index in [1.807, 2.05) is 65.8 Å². The molecule has 1 aromatic rings. The summed E-state index contributed by atoms with van der Waals surface area (Å²) in [4.78, 5) is 28.8. The summed E-state index contributed by atoms with van der Waals surface area (Å²) < 4.78 is 5.49. The van der Waals surface area contributed by atoms with Crippen LogP contribution >= 0.6 is 0 Å². The Morgan fingerprint density at radius 2 is 1.75 bits per heavy atom. The van der Waals surface area contributed by atoms with E-state index in [0.717, 1.165) is 31.6 Å². The lowest BCUT2D eigenvalue weighted by atomic mass is 10.1. The third-order valence-corrected chi connectivity index (χ3v) is 4.32. The number of carbonyl (C=O) groups excluding carboxylic acids is 2. The average molecular weight is 390 g/mol. The van der Waals surface area contributed by atoms with Crippen molar-refractivity contribution in [3.63, 3.8) is 0 Å². The number of hydrogen-bond donors (Lipinski definition) is 1. The van der Waals surface area contributed by atoms with Crippen LogP contribution < -0.4 is 5.32 Å². The normalized spacial score (nSPS) is 16.4. The molecule has 0 spiro atoms. The Bertz CT molecular complexity index is 689. The fourth-order valence-electron chi connectivity index (χ4n) is 3.12. The van der Waals surface area contributed by atoms with Gasteiger partial charge in [-0.05, 0) is 65.7 Å². The van der Waals surface area contributed by atoms with Crippen molar-refractivity contribution < 1.29 is 14.3 Å². The van der Waals surface area contributed by atoms with E-state index in [0.29, 0.717) is 18.7 Å². The molecule has 1 N–H and O–H groups in total. The highest BCUT2D eigenvalue weighted by Crippen LogP contribution is 2.15. The van der Waals surface area contributed by atoms with Crippen molar-refractivity contribution in [1.82, 2.24) is 15.1 Å². The van der Waals surface area contributed by atoms with Gasteiger partial charge in [0.2, 0.25) is 0 Å². The zero-order chi connectivity index (χ0) is 20.9. The molecular weight excluding hydrogens is 354 g/mol. The molecule has 1 fully saturated rings. The van der Waals surface area contributed by atoms with Gasteiger partial charge in [0, 0.05) is 43.8 Å². The Kier molecular flexibility index (Phi) is 7.10. The van der Waals surface area contributed by atoms with Crippen molar-refractivity contribution in [2.45, 2.75) is 65.6 Å². The summed E-state index contributed by atoms with van der Waals surface area (Å²) >= 11 is 0. The van der Waals surface area contributed by atoms with Gasteiger partial charge in [0.05, 0.1) is 0 Å². The Hall–Kier alpha value is -2.08. The third-order valence-electron chi connectivity index (χ3n) is 4.32. The van der Waals surface area contributed by atoms with Crippen LogP contribution in [0.5, 0.6) is 0 Å². The molecule has 1 aliphatic rings. The van der Waals surface area contributed by atoms with E-state index in [-0.39, 0.29) is 17.5 Å². The van der Waals surface area contributed by atoms with Gasteiger partial charge in [-0.3, -0.25) is 9.69 Å². The molecule has 2 amide bonds. The van der Waals surface area contributed by atoms with Gasteiger partial charge >= 0.3 is 6.09 Å². The van der Waals surface area contributed by atoms with Crippen LogP contribution in [0.1, 0.15) is 63.9 Å². The van der Waals surface area contributed by atoms with Gasteiger partial charge in [0.25, 0.3) is 5.91 Å². The standard InChI is InChI=1S/C22H35N3O3/c1-21(2,3)23-19(26)18-10-7-9-17(15-18)16-24-11-8-12-25(14-13-24)20(27)28-22(4,5)6/h7,9-10,15H,8,11-14,16H2,1-6H3,(H,23,26). The molecule has 6 nitrogen and oxygen atoms in total. The highest BCUT2D eigenvalue weighted by atomic mass is 16.6. The van der Waals surface area contributed by atoms with Crippen LogP contribution in [0.2, 0.25) is 0 Å². The van der Waals surface area contributed by atoms with Crippen LogP contribution in [0.25, 0.3) is 0 Å². The van der Waals surface area contributed by atoms with E-state index in [1.54, 1.807) is 4.90 Å². The molecule has 1 heterocycles. The second-order valence-electron chi connectivity index (χ2n) is 9.50. The molecular formula is C22H35N3O3. The van der Waals surface area contributed by atoms with Crippen LogP contribution in [0, 0.1) is 0 Å². The van der Waals surface area contributed by atoms with Crippen LogP contribution in [0.15, 0.2) is 24.3 Å². The Labute approximate surface area is 169 Å². The molecule has 0 saturated carbocycles. The van der Waals surface area contributed by atoms with E-state index >= 15 is 0 Å². The molecule has 2 rings (SSSR count). The summed E-state index contributed by atoms with van der Waals surface area (Å²) in [5, 5.41) is 3.00. The Balaban J connectivity index is 1.95. The summed E-state index contributed by atoms with van der Waals surface area (Å²) in [5.41, 5.74) is 1.05. The predicted molar refractivity (Wildman–Crippen MR) is 111 cm³/mol. The molecule has 1 aromatic carbocycles. The van der Waals surface area contributed by atoms with Crippen LogP contribution in [-0.4, -0.2) is 59.1 Å². The number of carbonyl (C=O) groups is 2. The molecule has 6 heteroatoms. The first-order valence-electron chi connectivity index (χ1n) is 10.0. The zero-order valence-corrected chi connectivity index (χ0v) is 18.2. The zero-order valence-electron chi connectivity index (χ0n) is 18.2. The molecule has 0 radical (unpaired) electrons. The van der Waals surface area contributed by atoms with E-state index in [1.165, 1.54) is 0 Å². The SMILES string of the molecule is CC(C)(C)NC(=O)c1cccc(CN2CCCN(C(=O)OC(C)(C)C)CC2)c1. The smallest absolute Gasteiger partial charge is 0.410 e. The summed E-state index contributed by atoms with van der Waals surface area (Å²) in [7, 11) is 0. The van der Waals surface area contributed by atoms with Crippen molar-refractivity contribution >= 4 is 12.0 Å². The number of nitrogens with zero attached hydrogens (tertiary/aromatic N) is 2. The molecule has 1 aliphatic heterocycles. The maximum absolute atomic E-state index is 12.4. The number of benzene rings is 1. The van der Waals surface area contributed by atoms with Crippen LogP contribution in [0.3, 0.4) is 0 Å². The predicted octanol–water partition coefficient (Wildman–Crippen LogP) is 3.66. The largest absolute Gasteiger partial charge is 0.444 e. The van der Waals surface area contributed by atoms with Gasteiger partial charge in [0.15, 0.2) is 0 Å². The fraction of sp³-hybridized carbons (Fsp3) is 0.636. The third kappa shape index (κ3) is 7.50. The summed E-state index contributed by atoms with van der Waals surface area (Å²) in [6, 6.07) is 7.77. The van der Waals surface area contributed by atoms with Crippen molar-refractivity contribution in [2.24, 2.45) is 0 Å². The van der Waals surface area contributed by atoms with E-state index < -0.39 is 5.60 Å². The summed E-state index contributed by atoms with van der Waals surface area (Å²) in [6.45, 7) is 15.4. The molecule has 0 aliphatic carbocycles. The maximum atomic E-state index is 12.4. The number of hydrogen-bond acceptors (Lipinski definition) is 4. The number of rotatable bonds is 3. The first kappa shape index (κ1) is 22.2. The monoisotopic (exact) mass is 389 g/mol. The van der Waals surface area contributed by atoms with Gasteiger partial charge < -0.3 is 15.0 Å². The lowest BCUT2D eigenvalue weighted by Gasteiger charge is -2.26. The minimum atomic E-state index is -0.475. The van der Waals surface area contributed by atoms with Gasteiger partial charge in [-0.25, -0.2) is 4.79 Å². The Morgan fingerprint density at radius 3 is 2.39 bits per heavy atom. The minimum Gasteiger partial charge on any atom is -0.444 e. The van der Waals surface area contributed by atoms with E-state index in [2.05, 4.69) is 10.2 Å². The molecule has 0 atom stereocenters. The van der Waals surface area contributed by atoms with Crippen molar-refractivity contribution in [2.75, 3.05) is 26.2 Å². The number of nitrogens with one attached hydrogen (secondary N) is 1. The van der Waals surface area contributed by atoms with Crippen molar-refractivity contribution in [1.29, 1.82) is 0 Å². The minimum absolute atomic E-state index is 0.0543. The van der Waals surface area contributed by atoms with E-state index in [4.69, 9.17) is 4.74 Å². The topological polar surface area (TPSA) is 61.9 Å². The van der Waals surface area contributed by atoms with Gasteiger partial charge in [-0.1, -0.05) is 12.1 Å². The van der Waals surface area contributed by atoms with Crippen molar-refractivity contribution in [3.05, 3.63) is 35.4 Å².